The Morgan fingerprint density at radius 1 is 0.964 bits per heavy atom. The second-order valence-electron chi connectivity index (χ2n) is 7.24. The summed E-state index contributed by atoms with van der Waals surface area (Å²) in [6.07, 6.45) is 4.29. The minimum atomic E-state index is -0.315. The molecule has 1 aliphatic rings. The van der Waals surface area contributed by atoms with Gasteiger partial charge in [0.2, 0.25) is 5.91 Å². The molecule has 0 bridgehead atoms. The predicted molar refractivity (Wildman–Crippen MR) is 114 cm³/mol. The number of aromatic nitrogens is 1. The average molecular weight is 411 g/mol. The van der Waals surface area contributed by atoms with Crippen molar-refractivity contribution in [3.05, 3.63) is 86.5 Å². The lowest BCUT2D eigenvalue weighted by Crippen LogP contribution is -2.13. The number of nitrogens with two attached hydrogens (primary N) is 1. The van der Waals surface area contributed by atoms with Crippen LogP contribution in [0.1, 0.15) is 34.4 Å². The Labute approximate surface area is 174 Å². The molecule has 1 heterocycles. The van der Waals surface area contributed by atoms with Crippen LogP contribution in [0.15, 0.2) is 48.5 Å². The zero-order valence-electron chi connectivity index (χ0n) is 15.3. The van der Waals surface area contributed by atoms with Gasteiger partial charge < -0.3 is 5.73 Å². The van der Waals surface area contributed by atoms with Crippen LogP contribution in [0, 0.1) is 0 Å². The number of amides is 1. The zero-order valence-corrected chi connectivity index (χ0v) is 16.9. The van der Waals surface area contributed by atoms with Gasteiger partial charge in [-0.05, 0) is 72.2 Å². The molecule has 1 aliphatic carbocycles. The number of benzene rings is 2. The SMILES string of the molecule is NC(=O)Cc1ccc(Cc2cc(-c3cc(Cl)cc(Cl)c3)nc3c2CCC3)cc1. The van der Waals surface area contributed by atoms with E-state index in [-0.39, 0.29) is 12.3 Å². The molecule has 0 saturated heterocycles. The van der Waals surface area contributed by atoms with Gasteiger partial charge in [-0.15, -0.1) is 0 Å². The van der Waals surface area contributed by atoms with Crippen molar-refractivity contribution in [1.29, 1.82) is 0 Å². The molecule has 0 fully saturated rings. The fraction of sp³-hybridized carbons (Fsp3) is 0.217. The molecular formula is C23H20Cl2N2O. The van der Waals surface area contributed by atoms with E-state index < -0.39 is 0 Å². The highest BCUT2D eigenvalue weighted by Gasteiger charge is 2.19. The van der Waals surface area contributed by atoms with Crippen molar-refractivity contribution in [1.82, 2.24) is 4.98 Å². The third-order valence-corrected chi connectivity index (χ3v) is 5.53. The zero-order chi connectivity index (χ0) is 19.7. The topological polar surface area (TPSA) is 56.0 Å². The first kappa shape index (κ1) is 19.0. The maximum atomic E-state index is 11.1. The number of hydrogen-bond acceptors (Lipinski definition) is 2. The van der Waals surface area contributed by atoms with Gasteiger partial charge in [-0.25, -0.2) is 0 Å². The molecule has 0 atom stereocenters. The van der Waals surface area contributed by atoms with Gasteiger partial charge in [0.25, 0.3) is 0 Å². The van der Waals surface area contributed by atoms with Gasteiger partial charge in [-0.3, -0.25) is 9.78 Å². The summed E-state index contributed by atoms with van der Waals surface area (Å²) in [6.45, 7) is 0. The molecule has 0 spiro atoms. The number of rotatable bonds is 5. The molecule has 1 aromatic heterocycles. The van der Waals surface area contributed by atoms with E-state index in [4.69, 9.17) is 33.9 Å². The molecule has 3 nitrogen and oxygen atoms in total. The lowest BCUT2D eigenvalue weighted by Gasteiger charge is -2.13. The second-order valence-corrected chi connectivity index (χ2v) is 8.11. The first-order valence-electron chi connectivity index (χ1n) is 9.32. The molecular weight excluding hydrogens is 391 g/mol. The largest absolute Gasteiger partial charge is 0.369 e. The van der Waals surface area contributed by atoms with Crippen LogP contribution in [0.5, 0.6) is 0 Å². The van der Waals surface area contributed by atoms with Gasteiger partial charge >= 0.3 is 0 Å². The molecule has 2 aromatic carbocycles. The van der Waals surface area contributed by atoms with E-state index in [1.165, 1.54) is 22.4 Å². The molecule has 0 aliphatic heterocycles. The van der Waals surface area contributed by atoms with E-state index in [9.17, 15) is 4.79 Å². The Balaban J connectivity index is 1.68. The molecule has 142 valence electrons. The highest BCUT2D eigenvalue weighted by Crippen LogP contribution is 2.32. The molecule has 3 aromatic rings. The highest BCUT2D eigenvalue weighted by atomic mass is 35.5. The Hall–Kier alpha value is -2.36. The third kappa shape index (κ3) is 4.21. The molecule has 0 radical (unpaired) electrons. The van der Waals surface area contributed by atoms with Crippen molar-refractivity contribution in [3.8, 4) is 11.3 Å². The maximum Gasteiger partial charge on any atom is 0.221 e. The number of primary amides is 1. The molecule has 28 heavy (non-hydrogen) atoms. The summed E-state index contributed by atoms with van der Waals surface area (Å²) in [5, 5.41) is 1.22. The number of aryl methyl sites for hydroxylation is 1. The number of fused-ring (bicyclic) bond motifs is 1. The van der Waals surface area contributed by atoms with E-state index in [1.54, 1.807) is 6.07 Å². The highest BCUT2D eigenvalue weighted by molar-refractivity contribution is 6.35. The normalized spacial score (nSPS) is 12.8. The van der Waals surface area contributed by atoms with Crippen LogP contribution in [-0.4, -0.2) is 10.9 Å². The van der Waals surface area contributed by atoms with Crippen LogP contribution in [0.25, 0.3) is 11.3 Å². The average Bonchev–Trinajstić information content (AvgIpc) is 3.11. The summed E-state index contributed by atoms with van der Waals surface area (Å²) in [4.78, 5) is 16.0. The second kappa shape index (κ2) is 7.94. The summed E-state index contributed by atoms with van der Waals surface area (Å²) < 4.78 is 0. The van der Waals surface area contributed by atoms with Gasteiger partial charge in [0.1, 0.15) is 0 Å². The van der Waals surface area contributed by atoms with Crippen LogP contribution in [0.3, 0.4) is 0 Å². The monoisotopic (exact) mass is 410 g/mol. The van der Waals surface area contributed by atoms with Gasteiger partial charge in [0, 0.05) is 21.3 Å². The van der Waals surface area contributed by atoms with Crippen LogP contribution in [-0.2, 0) is 30.5 Å². The molecule has 0 unspecified atom stereocenters. The quantitative estimate of drug-likeness (QED) is 0.630. The Bertz CT molecular complexity index is 1020. The van der Waals surface area contributed by atoms with E-state index in [0.29, 0.717) is 10.0 Å². The minimum absolute atomic E-state index is 0.268. The fourth-order valence-electron chi connectivity index (χ4n) is 3.83. The van der Waals surface area contributed by atoms with Crippen molar-refractivity contribution in [2.75, 3.05) is 0 Å². The van der Waals surface area contributed by atoms with Crippen LogP contribution in [0.4, 0.5) is 0 Å². The summed E-state index contributed by atoms with van der Waals surface area (Å²) >= 11 is 12.4. The number of nitrogens with zero attached hydrogens (tertiary/aromatic N) is 1. The summed E-state index contributed by atoms with van der Waals surface area (Å²) in [5.74, 6) is -0.315. The Kier molecular flexibility index (Phi) is 5.38. The van der Waals surface area contributed by atoms with Crippen molar-refractivity contribution >= 4 is 29.1 Å². The van der Waals surface area contributed by atoms with Crippen molar-refractivity contribution < 1.29 is 4.79 Å². The van der Waals surface area contributed by atoms with E-state index >= 15 is 0 Å². The smallest absolute Gasteiger partial charge is 0.221 e. The van der Waals surface area contributed by atoms with Crippen molar-refractivity contribution in [2.24, 2.45) is 5.73 Å². The molecule has 1 amide bonds. The first-order valence-corrected chi connectivity index (χ1v) is 10.1. The van der Waals surface area contributed by atoms with Gasteiger partial charge in [-0.1, -0.05) is 47.5 Å². The number of pyridine rings is 1. The summed E-state index contributed by atoms with van der Waals surface area (Å²) in [5.41, 5.74) is 13.1. The van der Waals surface area contributed by atoms with Crippen molar-refractivity contribution in [3.63, 3.8) is 0 Å². The standard InChI is InChI=1S/C23H20Cl2N2O/c24-18-10-17(11-19(25)13-18)22-12-16(20-2-1-3-21(20)27-22)8-14-4-6-15(7-5-14)9-23(26)28/h4-7,10-13H,1-3,8-9H2,(H2,26,28). The summed E-state index contributed by atoms with van der Waals surface area (Å²) in [6, 6.07) is 15.8. The number of halogens is 2. The van der Waals surface area contributed by atoms with E-state index in [2.05, 4.69) is 18.2 Å². The Morgan fingerprint density at radius 2 is 1.64 bits per heavy atom. The minimum Gasteiger partial charge on any atom is -0.369 e. The molecule has 5 heteroatoms. The first-order chi connectivity index (χ1) is 13.5. The van der Waals surface area contributed by atoms with Crippen molar-refractivity contribution in [2.45, 2.75) is 32.1 Å². The van der Waals surface area contributed by atoms with E-state index in [1.807, 2.05) is 24.3 Å². The molecule has 4 rings (SSSR count). The van der Waals surface area contributed by atoms with Gasteiger partial charge in [0.05, 0.1) is 12.1 Å². The van der Waals surface area contributed by atoms with E-state index in [0.717, 1.165) is 42.5 Å². The maximum absolute atomic E-state index is 11.1. The van der Waals surface area contributed by atoms with Crippen LogP contribution < -0.4 is 5.73 Å². The lowest BCUT2D eigenvalue weighted by atomic mass is 9.96. The van der Waals surface area contributed by atoms with Crippen LogP contribution in [0.2, 0.25) is 10.0 Å². The van der Waals surface area contributed by atoms with Gasteiger partial charge in [-0.2, -0.15) is 0 Å². The molecule has 2 N–H and O–H groups in total. The van der Waals surface area contributed by atoms with Gasteiger partial charge in [0.15, 0.2) is 0 Å². The third-order valence-electron chi connectivity index (χ3n) is 5.10. The van der Waals surface area contributed by atoms with Crippen LogP contribution >= 0.6 is 23.2 Å². The number of carbonyl (C=O) groups is 1. The molecule has 0 saturated carbocycles. The fourth-order valence-corrected chi connectivity index (χ4v) is 4.36. The number of hydrogen-bond donors (Lipinski definition) is 1. The Morgan fingerprint density at radius 3 is 2.32 bits per heavy atom. The lowest BCUT2D eigenvalue weighted by molar-refractivity contribution is -0.117. The summed E-state index contributed by atoms with van der Waals surface area (Å²) in [7, 11) is 0. The predicted octanol–water partition coefficient (Wildman–Crippen LogP) is 5.16. The number of carbonyl (C=O) groups excluding carboxylic acids is 1.